The highest BCUT2D eigenvalue weighted by Crippen LogP contribution is 2.34. The highest BCUT2D eigenvalue weighted by Gasteiger charge is 2.64. The topological polar surface area (TPSA) is 80.3 Å². The van der Waals surface area contributed by atoms with Gasteiger partial charge in [-0.2, -0.15) is 13.2 Å². The molecule has 1 atom stereocenters. The molecule has 0 saturated heterocycles. The first-order valence-electron chi connectivity index (χ1n) is 6.93. The molecule has 1 heterocycles. The van der Waals surface area contributed by atoms with E-state index >= 15 is 0 Å². The molecule has 0 fully saturated rings. The molecule has 0 bridgehead atoms. The summed E-state index contributed by atoms with van der Waals surface area (Å²) in [5.74, 6) is -2.80. The lowest BCUT2D eigenvalue weighted by molar-refractivity contribution is -0.203. The number of thiazole rings is 1. The monoisotopic (exact) mass is 373 g/mol. The van der Waals surface area contributed by atoms with Crippen LogP contribution in [0.2, 0.25) is 0 Å². The Bertz CT molecular complexity index is 764. The van der Waals surface area contributed by atoms with Crippen LogP contribution >= 0.6 is 11.3 Å². The smallest absolute Gasteiger partial charge is 0.442 e. The van der Waals surface area contributed by atoms with Crippen molar-refractivity contribution >= 4 is 28.3 Å². The Hall–Kier alpha value is -2.62. The first-order chi connectivity index (χ1) is 11.7. The van der Waals surface area contributed by atoms with Gasteiger partial charge >= 0.3 is 17.8 Å². The van der Waals surface area contributed by atoms with E-state index in [0.717, 1.165) is 18.4 Å². The van der Waals surface area contributed by atoms with Crippen molar-refractivity contribution in [2.75, 3.05) is 12.4 Å². The number of hydrogen-bond acceptors (Lipinski definition) is 6. The number of methoxy groups -OCH3 is 1. The summed E-state index contributed by atoms with van der Waals surface area (Å²) in [6.07, 6.45) is -3.85. The molecule has 2 N–H and O–H groups in total. The van der Waals surface area contributed by atoms with E-state index in [9.17, 15) is 22.8 Å². The molecule has 0 aliphatic heterocycles. The summed E-state index contributed by atoms with van der Waals surface area (Å²) >= 11 is 0.900. The third-order valence-corrected chi connectivity index (χ3v) is 4.00. The van der Waals surface area contributed by atoms with Gasteiger partial charge in [0.2, 0.25) is 0 Å². The maximum absolute atomic E-state index is 13.8. The first-order valence-corrected chi connectivity index (χ1v) is 7.74. The SMILES string of the molecule is COC(=O)[C@@](NC(=O)c1ccccc1)(Nc1ncc(C)s1)C(F)(F)F. The summed E-state index contributed by atoms with van der Waals surface area (Å²) in [7, 11) is 0.798. The highest BCUT2D eigenvalue weighted by molar-refractivity contribution is 7.15. The van der Waals surface area contributed by atoms with Crippen molar-refractivity contribution in [3.63, 3.8) is 0 Å². The largest absolute Gasteiger partial charge is 0.466 e. The molecule has 1 aromatic carbocycles. The molecule has 25 heavy (non-hydrogen) atoms. The fourth-order valence-corrected chi connectivity index (χ4v) is 2.67. The second kappa shape index (κ2) is 7.09. The van der Waals surface area contributed by atoms with Gasteiger partial charge in [0.25, 0.3) is 5.91 Å². The van der Waals surface area contributed by atoms with Crippen LogP contribution < -0.4 is 10.6 Å². The molecular weight excluding hydrogens is 359 g/mol. The molecule has 2 rings (SSSR count). The summed E-state index contributed by atoms with van der Waals surface area (Å²) in [6.45, 7) is 1.64. The molecule has 1 aromatic heterocycles. The van der Waals surface area contributed by atoms with Crippen molar-refractivity contribution in [1.82, 2.24) is 10.3 Å². The number of aromatic nitrogens is 1. The predicted molar refractivity (Wildman–Crippen MR) is 85.2 cm³/mol. The number of benzene rings is 1. The quantitative estimate of drug-likeness (QED) is 0.622. The van der Waals surface area contributed by atoms with E-state index in [1.165, 1.54) is 30.5 Å². The number of carbonyl (C=O) groups is 2. The van der Waals surface area contributed by atoms with E-state index in [4.69, 9.17) is 0 Å². The second-order valence-corrected chi connectivity index (χ2v) is 6.20. The van der Waals surface area contributed by atoms with Crippen molar-refractivity contribution in [2.24, 2.45) is 0 Å². The van der Waals surface area contributed by atoms with Crippen molar-refractivity contribution < 1.29 is 27.5 Å². The molecule has 10 heteroatoms. The van der Waals surface area contributed by atoms with E-state index in [1.807, 2.05) is 5.32 Å². The lowest BCUT2D eigenvalue weighted by Crippen LogP contribution is -2.69. The van der Waals surface area contributed by atoms with Crippen LogP contribution in [0.5, 0.6) is 0 Å². The van der Waals surface area contributed by atoms with E-state index in [1.54, 1.807) is 18.3 Å². The molecule has 1 amide bonds. The Morgan fingerprint density at radius 1 is 1.20 bits per heavy atom. The van der Waals surface area contributed by atoms with Gasteiger partial charge < -0.3 is 15.4 Å². The number of aryl methyl sites for hydroxylation is 1. The third kappa shape index (κ3) is 3.90. The van der Waals surface area contributed by atoms with Gasteiger partial charge in [0, 0.05) is 16.6 Å². The van der Waals surface area contributed by atoms with Crippen LogP contribution in [0.3, 0.4) is 0 Å². The molecular formula is C15H14F3N3O3S. The molecule has 0 aliphatic rings. The molecule has 0 unspecified atom stereocenters. The number of hydrogen-bond donors (Lipinski definition) is 2. The van der Waals surface area contributed by atoms with Crippen LogP contribution in [-0.4, -0.2) is 35.8 Å². The number of amides is 1. The van der Waals surface area contributed by atoms with Gasteiger partial charge in [0.15, 0.2) is 5.13 Å². The first kappa shape index (κ1) is 18.7. The zero-order valence-electron chi connectivity index (χ0n) is 13.2. The van der Waals surface area contributed by atoms with E-state index < -0.39 is 23.7 Å². The minimum atomic E-state index is -5.19. The number of nitrogens with one attached hydrogen (secondary N) is 2. The van der Waals surface area contributed by atoms with Crippen LogP contribution in [0.15, 0.2) is 36.5 Å². The number of rotatable bonds is 5. The molecule has 0 saturated carbocycles. The van der Waals surface area contributed by atoms with E-state index in [2.05, 4.69) is 9.72 Å². The molecule has 0 spiro atoms. The molecule has 6 nitrogen and oxygen atoms in total. The Labute approximate surface area is 145 Å². The maximum atomic E-state index is 13.8. The maximum Gasteiger partial charge on any atom is 0.442 e. The number of anilines is 1. The second-order valence-electron chi connectivity index (χ2n) is 4.96. The Morgan fingerprint density at radius 2 is 1.84 bits per heavy atom. The number of alkyl halides is 3. The van der Waals surface area contributed by atoms with Crippen molar-refractivity contribution in [1.29, 1.82) is 0 Å². The standard InChI is InChI=1S/C15H14F3N3O3S/c1-9-8-19-13(25-9)21-14(12(23)24-2,15(16,17)18)20-11(22)10-6-4-3-5-7-10/h3-8H,1-2H3,(H,19,21)(H,20,22)/t14-/m1/s1. The van der Waals surface area contributed by atoms with Crippen molar-refractivity contribution in [3.05, 3.63) is 47.0 Å². The van der Waals surface area contributed by atoms with Gasteiger partial charge in [-0.15, -0.1) is 11.3 Å². The van der Waals surface area contributed by atoms with E-state index in [-0.39, 0.29) is 10.7 Å². The summed E-state index contributed by atoms with van der Waals surface area (Å²) in [5.41, 5.74) is -3.52. The predicted octanol–water partition coefficient (Wildman–Crippen LogP) is 2.73. The molecule has 2 aromatic rings. The van der Waals surface area contributed by atoms with E-state index in [0.29, 0.717) is 4.88 Å². The molecule has 0 radical (unpaired) electrons. The number of esters is 1. The highest BCUT2D eigenvalue weighted by atomic mass is 32.1. The average Bonchev–Trinajstić information content (AvgIpc) is 2.98. The van der Waals surface area contributed by atoms with Crippen LogP contribution in [-0.2, 0) is 9.53 Å². The summed E-state index contributed by atoms with van der Waals surface area (Å²) in [5, 5.41) is 3.51. The van der Waals surface area contributed by atoms with Gasteiger partial charge in [-0.3, -0.25) is 4.79 Å². The Balaban J connectivity index is 2.46. The number of carbonyl (C=O) groups excluding carboxylic acids is 2. The summed E-state index contributed by atoms with van der Waals surface area (Å²) in [6, 6.07) is 7.22. The van der Waals surface area contributed by atoms with Gasteiger partial charge in [0.05, 0.1) is 7.11 Å². The number of ether oxygens (including phenoxy) is 1. The summed E-state index contributed by atoms with van der Waals surface area (Å²) < 4.78 is 45.6. The van der Waals surface area contributed by atoms with Gasteiger partial charge in [-0.25, -0.2) is 9.78 Å². The van der Waals surface area contributed by atoms with Gasteiger partial charge in [-0.05, 0) is 19.1 Å². The minimum absolute atomic E-state index is 0.0443. The van der Waals surface area contributed by atoms with Crippen LogP contribution in [0.25, 0.3) is 0 Å². The van der Waals surface area contributed by atoms with Crippen molar-refractivity contribution in [2.45, 2.75) is 18.8 Å². The third-order valence-electron chi connectivity index (χ3n) is 3.17. The molecule has 0 aliphatic carbocycles. The van der Waals surface area contributed by atoms with Gasteiger partial charge in [0.1, 0.15) is 0 Å². The number of halogens is 3. The minimum Gasteiger partial charge on any atom is -0.466 e. The number of nitrogens with zero attached hydrogens (tertiary/aromatic N) is 1. The van der Waals surface area contributed by atoms with Crippen LogP contribution in [0.1, 0.15) is 15.2 Å². The Morgan fingerprint density at radius 3 is 2.32 bits per heavy atom. The fraction of sp³-hybridized carbons (Fsp3) is 0.267. The fourth-order valence-electron chi connectivity index (χ4n) is 1.95. The van der Waals surface area contributed by atoms with Crippen LogP contribution in [0.4, 0.5) is 18.3 Å². The van der Waals surface area contributed by atoms with Crippen molar-refractivity contribution in [3.8, 4) is 0 Å². The lowest BCUT2D eigenvalue weighted by Gasteiger charge is -2.34. The zero-order valence-corrected chi connectivity index (χ0v) is 14.0. The zero-order chi connectivity index (χ0) is 18.7. The average molecular weight is 373 g/mol. The van der Waals surface area contributed by atoms with Gasteiger partial charge in [-0.1, -0.05) is 18.2 Å². The normalized spacial score (nSPS) is 13.6. The molecule has 134 valence electrons. The van der Waals surface area contributed by atoms with Crippen LogP contribution in [0, 0.1) is 6.92 Å². The Kier molecular flexibility index (Phi) is 5.31. The lowest BCUT2D eigenvalue weighted by atomic mass is 10.1. The summed E-state index contributed by atoms with van der Waals surface area (Å²) in [4.78, 5) is 28.6.